The molecule has 3 nitrogen and oxygen atoms in total. The van der Waals surface area contributed by atoms with Gasteiger partial charge < -0.3 is 9.64 Å². The number of likely N-dealkylation sites (tertiary alicyclic amines) is 1. The fraction of sp³-hybridized carbons (Fsp3) is 0.588. The van der Waals surface area contributed by atoms with Crippen LogP contribution in [-0.4, -0.2) is 31.1 Å². The van der Waals surface area contributed by atoms with E-state index in [0.29, 0.717) is 5.56 Å². The summed E-state index contributed by atoms with van der Waals surface area (Å²) in [5, 5.41) is 8.73. The predicted octanol–water partition coefficient (Wildman–Crippen LogP) is 3.31. The van der Waals surface area contributed by atoms with Crippen LogP contribution in [0.1, 0.15) is 32.3 Å². The summed E-state index contributed by atoms with van der Waals surface area (Å²) in [4.78, 5) is 2.55. The molecular formula is C17H24N2O. The van der Waals surface area contributed by atoms with Crippen molar-refractivity contribution in [3.8, 4) is 11.8 Å². The van der Waals surface area contributed by atoms with Crippen LogP contribution in [0.2, 0.25) is 0 Å². The van der Waals surface area contributed by atoms with E-state index in [9.17, 15) is 0 Å². The fourth-order valence-corrected chi connectivity index (χ4v) is 2.66. The quantitative estimate of drug-likeness (QED) is 0.772. The van der Waals surface area contributed by atoms with Crippen LogP contribution in [0.25, 0.3) is 0 Å². The molecule has 20 heavy (non-hydrogen) atoms. The minimum atomic E-state index is 0.675. The van der Waals surface area contributed by atoms with E-state index in [2.05, 4.69) is 24.8 Å². The highest BCUT2D eigenvalue weighted by atomic mass is 16.5. The van der Waals surface area contributed by atoms with E-state index < -0.39 is 0 Å². The molecule has 1 heterocycles. The van der Waals surface area contributed by atoms with Crippen molar-refractivity contribution in [2.45, 2.75) is 26.7 Å². The average Bonchev–Trinajstić information content (AvgIpc) is 2.48. The van der Waals surface area contributed by atoms with Crippen molar-refractivity contribution in [2.24, 2.45) is 11.8 Å². The van der Waals surface area contributed by atoms with Gasteiger partial charge >= 0.3 is 0 Å². The van der Waals surface area contributed by atoms with Gasteiger partial charge in [-0.2, -0.15) is 5.26 Å². The Bertz CT molecular complexity index is 449. The first-order valence-corrected chi connectivity index (χ1v) is 7.54. The Kier molecular flexibility index (Phi) is 5.43. The van der Waals surface area contributed by atoms with Gasteiger partial charge in [-0.15, -0.1) is 0 Å². The minimum absolute atomic E-state index is 0.675. The normalized spacial score (nSPS) is 23.2. The molecule has 0 aliphatic carbocycles. The molecule has 1 aliphatic rings. The number of piperidine rings is 1. The third kappa shape index (κ3) is 4.25. The molecule has 0 amide bonds. The Morgan fingerprint density at radius 1 is 1.25 bits per heavy atom. The van der Waals surface area contributed by atoms with E-state index in [0.717, 1.165) is 37.2 Å². The van der Waals surface area contributed by atoms with Gasteiger partial charge in [0.1, 0.15) is 5.75 Å². The second-order valence-corrected chi connectivity index (χ2v) is 5.88. The summed E-state index contributed by atoms with van der Waals surface area (Å²) >= 11 is 0. The summed E-state index contributed by atoms with van der Waals surface area (Å²) in [5.74, 6) is 2.52. The second kappa shape index (κ2) is 7.31. The van der Waals surface area contributed by atoms with Crippen molar-refractivity contribution in [1.82, 2.24) is 4.90 Å². The Hall–Kier alpha value is -1.53. The van der Waals surface area contributed by atoms with Gasteiger partial charge in [0.25, 0.3) is 0 Å². The largest absolute Gasteiger partial charge is 0.494 e. The maximum absolute atomic E-state index is 8.73. The second-order valence-electron chi connectivity index (χ2n) is 5.88. The lowest BCUT2D eigenvalue weighted by Gasteiger charge is -2.35. The lowest BCUT2D eigenvalue weighted by Crippen LogP contribution is -2.39. The number of benzene rings is 1. The highest BCUT2D eigenvalue weighted by Gasteiger charge is 2.21. The van der Waals surface area contributed by atoms with Gasteiger partial charge in [-0.25, -0.2) is 0 Å². The molecule has 0 saturated carbocycles. The molecule has 0 N–H and O–H groups in total. The van der Waals surface area contributed by atoms with Crippen LogP contribution < -0.4 is 4.74 Å². The standard InChI is InChI=1S/C17H24N2O/c1-14-8-10-19(13-15(14)2)9-3-11-20-17-6-4-16(12-18)5-7-17/h4-7,14-15H,3,8-11,13H2,1-2H3. The number of hydrogen-bond donors (Lipinski definition) is 0. The van der Waals surface area contributed by atoms with Crippen molar-refractivity contribution in [3.05, 3.63) is 29.8 Å². The maximum Gasteiger partial charge on any atom is 0.119 e. The van der Waals surface area contributed by atoms with Crippen LogP contribution in [0, 0.1) is 23.2 Å². The SMILES string of the molecule is CC1CCN(CCCOc2ccc(C#N)cc2)CC1C. The van der Waals surface area contributed by atoms with Crippen molar-refractivity contribution in [1.29, 1.82) is 5.26 Å². The molecule has 108 valence electrons. The molecular weight excluding hydrogens is 248 g/mol. The summed E-state index contributed by atoms with van der Waals surface area (Å²) in [7, 11) is 0. The predicted molar refractivity (Wildman–Crippen MR) is 80.7 cm³/mol. The van der Waals surface area contributed by atoms with Gasteiger partial charge in [0.2, 0.25) is 0 Å². The third-order valence-electron chi connectivity index (χ3n) is 4.29. The van der Waals surface area contributed by atoms with Crippen LogP contribution in [0.5, 0.6) is 5.75 Å². The Labute approximate surface area is 122 Å². The minimum Gasteiger partial charge on any atom is -0.494 e. The first-order chi connectivity index (χ1) is 9.69. The fourth-order valence-electron chi connectivity index (χ4n) is 2.66. The van der Waals surface area contributed by atoms with Crippen molar-refractivity contribution < 1.29 is 4.74 Å². The summed E-state index contributed by atoms with van der Waals surface area (Å²) in [6.07, 6.45) is 2.37. The lowest BCUT2D eigenvalue weighted by molar-refractivity contribution is 0.130. The number of hydrogen-bond acceptors (Lipinski definition) is 3. The van der Waals surface area contributed by atoms with Crippen LogP contribution in [-0.2, 0) is 0 Å². The van der Waals surface area contributed by atoms with Crippen LogP contribution in [0.15, 0.2) is 24.3 Å². The number of nitrogens with zero attached hydrogens (tertiary/aromatic N) is 2. The average molecular weight is 272 g/mol. The van der Waals surface area contributed by atoms with E-state index in [1.807, 2.05) is 12.1 Å². The van der Waals surface area contributed by atoms with Gasteiger partial charge in [-0.05, 0) is 55.5 Å². The number of nitriles is 1. The third-order valence-corrected chi connectivity index (χ3v) is 4.29. The monoisotopic (exact) mass is 272 g/mol. The highest BCUT2D eigenvalue weighted by Crippen LogP contribution is 2.22. The molecule has 1 saturated heterocycles. The molecule has 2 unspecified atom stereocenters. The van der Waals surface area contributed by atoms with Gasteiger partial charge in [0, 0.05) is 13.1 Å². The molecule has 1 aliphatic heterocycles. The van der Waals surface area contributed by atoms with Crippen LogP contribution in [0.3, 0.4) is 0 Å². The van der Waals surface area contributed by atoms with E-state index in [1.165, 1.54) is 19.5 Å². The molecule has 0 spiro atoms. The van der Waals surface area contributed by atoms with Gasteiger partial charge in [-0.3, -0.25) is 0 Å². The molecule has 0 radical (unpaired) electrons. The van der Waals surface area contributed by atoms with E-state index >= 15 is 0 Å². The van der Waals surface area contributed by atoms with Gasteiger partial charge in [0.05, 0.1) is 18.2 Å². The van der Waals surface area contributed by atoms with Gasteiger partial charge in [0.15, 0.2) is 0 Å². The summed E-state index contributed by atoms with van der Waals surface area (Å²) in [6.45, 7) is 9.01. The molecule has 1 aromatic rings. The van der Waals surface area contributed by atoms with Crippen molar-refractivity contribution in [3.63, 3.8) is 0 Å². The first kappa shape index (κ1) is 14.9. The molecule has 2 atom stereocenters. The Morgan fingerprint density at radius 2 is 2.00 bits per heavy atom. The van der Waals surface area contributed by atoms with Crippen LogP contribution in [0.4, 0.5) is 0 Å². The van der Waals surface area contributed by atoms with E-state index in [4.69, 9.17) is 10.00 Å². The molecule has 3 heteroatoms. The highest BCUT2D eigenvalue weighted by molar-refractivity contribution is 5.34. The summed E-state index contributed by atoms with van der Waals surface area (Å²) < 4.78 is 5.71. The zero-order valence-electron chi connectivity index (χ0n) is 12.5. The molecule has 2 rings (SSSR count). The van der Waals surface area contributed by atoms with Gasteiger partial charge in [-0.1, -0.05) is 13.8 Å². The molecule has 0 bridgehead atoms. The zero-order valence-corrected chi connectivity index (χ0v) is 12.5. The number of ether oxygens (including phenoxy) is 1. The maximum atomic E-state index is 8.73. The Morgan fingerprint density at radius 3 is 2.65 bits per heavy atom. The van der Waals surface area contributed by atoms with Crippen molar-refractivity contribution in [2.75, 3.05) is 26.2 Å². The zero-order chi connectivity index (χ0) is 14.4. The lowest BCUT2D eigenvalue weighted by atomic mass is 9.89. The molecule has 1 aromatic carbocycles. The number of rotatable bonds is 5. The first-order valence-electron chi connectivity index (χ1n) is 7.54. The summed E-state index contributed by atoms with van der Waals surface area (Å²) in [5.41, 5.74) is 0.675. The van der Waals surface area contributed by atoms with E-state index in [-0.39, 0.29) is 0 Å². The van der Waals surface area contributed by atoms with Crippen molar-refractivity contribution >= 4 is 0 Å². The van der Waals surface area contributed by atoms with Crippen LogP contribution >= 0.6 is 0 Å². The molecule has 0 aromatic heterocycles. The topological polar surface area (TPSA) is 36.3 Å². The smallest absolute Gasteiger partial charge is 0.119 e. The summed E-state index contributed by atoms with van der Waals surface area (Å²) in [6, 6.07) is 9.43. The van der Waals surface area contributed by atoms with E-state index in [1.54, 1.807) is 12.1 Å². The Balaban J connectivity index is 1.65. The molecule has 1 fully saturated rings.